The molecule has 3 aromatic carbocycles. The second-order valence-corrected chi connectivity index (χ2v) is 10.2. The minimum Gasteiger partial charge on any atom is -0.511 e. The van der Waals surface area contributed by atoms with Crippen LogP contribution in [0.2, 0.25) is 0 Å². The number of amides is 2. The van der Waals surface area contributed by atoms with Crippen molar-refractivity contribution in [1.82, 2.24) is 4.90 Å². The van der Waals surface area contributed by atoms with Crippen LogP contribution in [0.25, 0.3) is 10.8 Å². The van der Waals surface area contributed by atoms with Crippen molar-refractivity contribution in [2.24, 2.45) is 10.4 Å². The van der Waals surface area contributed by atoms with Crippen LogP contribution in [0, 0.1) is 5.41 Å². The molecule has 6 nitrogen and oxygen atoms in total. The van der Waals surface area contributed by atoms with Gasteiger partial charge in [0.1, 0.15) is 5.76 Å². The van der Waals surface area contributed by atoms with Gasteiger partial charge in [-0.25, -0.2) is 0 Å². The molecule has 1 N–H and O–H groups in total. The second-order valence-electron chi connectivity index (χ2n) is 10.2. The van der Waals surface area contributed by atoms with Crippen LogP contribution in [0.4, 0.5) is 5.69 Å². The Kier molecular flexibility index (Phi) is 6.04. The minimum absolute atomic E-state index is 0.0360. The Bertz CT molecular complexity index is 1420. The third-order valence-corrected chi connectivity index (χ3v) is 6.84. The summed E-state index contributed by atoms with van der Waals surface area (Å²) in [6.45, 7) is 4.22. The highest BCUT2D eigenvalue weighted by atomic mass is 16.3. The molecular weight excluding hydrogens is 452 g/mol. The normalized spacial score (nSPS) is 19.8. The molecule has 0 aromatic heterocycles. The maximum Gasteiger partial charge on any atom is 0.261 e. The number of carbonyl (C=O) groups excluding carboxylic acids is 3. The summed E-state index contributed by atoms with van der Waals surface area (Å²) in [5.74, 6) is -0.817. The molecule has 182 valence electrons. The van der Waals surface area contributed by atoms with Crippen LogP contribution in [0.3, 0.4) is 0 Å². The number of hydrogen-bond acceptors (Lipinski definition) is 5. The first kappa shape index (κ1) is 23.7. The largest absolute Gasteiger partial charge is 0.511 e. The predicted molar refractivity (Wildman–Crippen MR) is 140 cm³/mol. The van der Waals surface area contributed by atoms with Gasteiger partial charge >= 0.3 is 0 Å². The van der Waals surface area contributed by atoms with Gasteiger partial charge < -0.3 is 5.11 Å². The van der Waals surface area contributed by atoms with E-state index in [1.165, 1.54) is 4.90 Å². The zero-order valence-electron chi connectivity index (χ0n) is 20.5. The minimum atomic E-state index is -0.323. The molecule has 3 aromatic rings. The van der Waals surface area contributed by atoms with Crippen molar-refractivity contribution in [2.75, 3.05) is 6.54 Å². The SMILES string of the molecule is CC1(C)CC(=O)C(=C(O)CCCN2C(=O)c3ccccc3C2=O)C(=Nc2cccc3ccccc23)C1. The molecule has 0 bridgehead atoms. The van der Waals surface area contributed by atoms with Crippen molar-refractivity contribution in [1.29, 1.82) is 0 Å². The molecule has 1 saturated carbocycles. The first-order valence-electron chi connectivity index (χ1n) is 12.2. The second kappa shape index (κ2) is 9.19. The van der Waals surface area contributed by atoms with Gasteiger partial charge in [0, 0.05) is 24.8 Å². The Labute approximate surface area is 210 Å². The summed E-state index contributed by atoms with van der Waals surface area (Å²) in [4.78, 5) is 44.5. The monoisotopic (exact) mass is 480 g/mol. The van der Waals surface area contributed by atoms with Gasteiger partial charge in [-0.05, 0) is 41.8 Å². The Hall–Kier alpha value is -4.06. The van der Waals surface area contributed by atoms with Crippen LogP contribution in [0.5, 0.6) is 0 Å². The van der Waals surface area contributed by atoms with Crippen molar-refractivity contribution in [3.63, 3.8) is 0 Å². The van der Waals surface area contributed by atoms with Gasteiger partial charge in [0.05, 0.1) is 28.1 Å². The van der Waals surface area contributed by atoms with Gasteiger partial charge in [0.2, 0.25) is 0 Å². The van der Waals surface area contributed by atoms with E-state index in [0.29, 0.717) is 36.1 Å². The Morgan fingerprint density at radius 2 is 1.53 bits per heavy atom. The lowest BCUT2D eigenvalue weighted by Gasteiger charge is -2.31. The van der Waals surface area contributed by atoms with E-state index in [-0.39, 0.29) is 47.3 Å². The molecular formula is C30H28N2O4. The number of benzene rings is 3. The van der Waals surface area contributed by atoms with Crippen LogP contribution in [-0.2, 0) is 4.79 Å². The molecule has 6 heteroatoms. The summed E-state index contributed by atoms with van der Waals surface area (Å²) in [7, 11) is 0. The van der Waals surface area contributed by atoms with Gasteiger partial charge in [-0.15, -0.1) is 0 Å². The molecule has 1 aliphatic carbocycles. The molecule has 0 saturated heterocycles. The van der Waals surface area contributed by atoms with E-state index in [2.05, 4.69) is 0 Å². The van der Waals surface area contributed by atoms with Crippen molar-refractivity contribution < 1.29 is 19.5 Å². The molecule has 2 aliphatic rings. The van der Waals surface area contributed by atoms with Crippen LogP contribution in [-0.4, -0.2) is 39.9 Å². The van der Waals surface area contributed by atoms with Gasteiger partial charge in [-0.2, -0.15) is 0 Å². The fourth-order valence-electron chi connectivity index (χ4n) is 5.13. The molecule has 5 rings (SSSR count). The number of nitrogens with zero attached hydrogens (tertiary/aromatic N) is 2. The maximum absolute atomic E-state index is 13.2. The van der Waals surface area contributed by atoms with Crippen LogP contribution < -0.4 is 0 Å². The molecule has 1 fully saturated rings. The molecule has 2 amide bonds. The van der Waals surface area contributed by atoms with Crippen molar-refractivity contribution in [3.8, 4) is 0 Å². The Morgan fingerprint density at radius 3 is 2.25 bits per heavy atom. The zero-order valence-corrected chi connectivity index (χ0v) is 20.5. The quantitative estimate of drug-likeness (QED) is 0.268. The molecule has 0 unspecified atom stereocenters. The average Bonchev–Trinajstić information content (AvgIpc) is 3.08. The number of aliphatic hydroxyl groups excluding tert-OH is 1. The number of hydrogen-bond donors (Lipinski definition) is 1. The fraction of sp³-hybridized carbons (Fsp3) is 0.267. The molecule has 1 aliphatic heterocycles. The molecule has 1 heterocycles. The first-order chi connectivity index (χ1) is 17.2. The lowest BCUT2D eigenvalue weighted by molar-refractivity contribution is -0.117. The molecule has 0 atom stereocenters. The molecule has 36 heavy (non-hydrogen) atoms. The highest BCUT2D eigenvalue weighted by molar-refractivity contribution is 6.25. The summed E-state index contributed by atoms with van der Waals surface area (Å²) < 4.78 is 0. The summed E-state index contributed by atoms with van der Waals surface area (Å²) in [6, 6.07) is 20.6. The number of imide groups is 1. The number of fused-ring (bicyclic) bond motifs is 2. The van der Waals surface area contributed by atoms with E-state index in [9.17, 15) is 19.5 Å². The highest BCUT2D eigenvalue weighted by Gasteiger charge is 2.37. The molecule has 0 spiro atoms. The fourth-order valence-corrected chi connectivity index (χ4v) is 5.13. The van der Waals surface area contributed by atoms with Gasteiger partial charge in [-0.3, -0.25) is 24.3 Å². The number of carbonyl (C=O) groups is 3. The number of Topliss-reactive ketones (excluding diaryl/α,β-unsaturated/α-hetero) is 1. The van der Waals surface area contributed by atoms with Crippen LogP contribution >= 0.6 is 0 Å². The number of ketones is 1. The van der Waals surface area contributed by atoms with E-state index < -0.39 is 0 Å². The van der Waals surface area contributed by atoms with Crippen molar-refractivity contribution in [2.45, 2.75) is 39.5 Å². The zero-order chi connectivity index (χ0) is 25.4. The smallest absolute Gasteiger partial charge is 0.261 e. The Balaban J connectivity index is 1.41. The average molecular weight is 481 g/mol. The van der Waals surface area contributed by atoms with Crippen molar-refractivity contribution >= 4 is 39.8 Å². The summed E-state index contributed by atoms with van der Waals surface area (Å²) in [6.07, 6.45) is 1.39. The lowest BCUT2D eigenvalue weighted by Crippen LogP contribution is -2.33. The maximum atomic E-state index is 13.2. The highest BCUT2D eigenvalue weighted by Crippen LogP contribution is 2.38. The number of aliphatic hydroxyl groups is 1. The topological polar surface area (TPSA) is 87.0 Å². The Morgan fingerprint density at radius 1 is 0.889 bits per heavy atom. The summed E-state index contributed by atoms with van der Waals surface area (Å²) in [5.41, 5.74) is 2.13. The van der Waals surface area contributed by atoms with E-state index in [1.807, 2.05) is 56.3 Å². The number of allylic oxidation sites excluding steroid dienone is 2. The first-order valence-corrected chi connectivity index (χ1v) is 12.2. The third-order valence-electron chi connectivity index (χ3n) is 6.84. The third kappa shape index (κ3) is 4.35. The summed E-state index contributed by atoms with van der Waals surface area (Å²) >= 11 is 0. The van der Waals surface area contributed by atoms with E-state index in [0.717, 1.165) is 16.5 Å². The van der Waals surface area contributed by atoms with E-state index in [4.69, 9.17) is 4.99 Å². The summed E-state index contributed by atoms with van der Waals surface area (Å²) in [5, 5.41) is 13.1. The van der Waals surface area contributed by atoms with Crippen LogP contribution in [0.15, 0.2) is 83.1 Å². The lowest BCUT2D eigenvalue weighted by atomic mass is 9.73. The molecule has 0 radical (unpaired) electrons. The van der Waals surface area contributed by atoms with Crippen LogP contribution in [0.1, 0.15) is 60.2 Å². The van der Waals surface area contributed by atoms with Gasteiger partial charge in [0.15, 0.2) is 5.78 Å². The van der Waals surface area contributed by atoms with E-state index >= 15 is 0 Å². The van der Waals surface area contributed by atoms with Gasteiger partial charge in [-0.1, -0.05) is 62.4 Å². The van der Waals surface area contributed by atoms with Crippen molar-refractivity contribution in [3.05, 3.63) is 89.2 Å². The predicted octanol–water partition coefficient (Wildman–Crippen LogP) is 6.19. The standard InChI is InChI=1S/C30H28N2O4/c1-30(2)17-24(31-23-14-7-10-19-9-3-4-11-20(19)23)27(26(34)18-30)25(33)15-8-16-32-28(35)21-12-5-6-13-22(21)29(32)36/h3-7,9-14,33H,8,15-18H2,1-2H3. The number of aliphatic imine (C=N–C) groups is 1. The van der Waals surface area contributed by atoms with Gasteiger partial charge in [0.25, 0.3) is 11.8 Å². The van der Waals surface area contributed by atoms with E-state index in [1.54, 1.807) is 24.3 Å². The number of rotatable bonds is 5.